The van der Waals surface area contributed by atoms with E-state index in [-0.39, 0.29) is 11.6 Å². The van der Waals surface area contributed by atoms with Crippen molar-refractivity contribution in [3.05, 3.63) is 76.7 Å². The lowest BCUT2D eigenvalue weighted by Gasteiger charge is -2.10. The van der Waals surface area contributed by atoms with Crippen LogP contribution in [0.15, 0.2) is 54.9 Å². The van der Waals surface area contributed by atoms with E-state index >= 15 is 0 Å². The highest BCUT2D eigenvalue weighted by Gasteiger charge is 2.10. The Morgan fingerprint density at radius 3 is 2.56 bits per heavy atom. The zero-order valence-electron chi connectivity index (χ0n) is 13.9. The lowest BCUT2D eigenvalue weighted by atomic mass is 10.2. The predicted molar refractivity (Wildman–Crippen MR) is 101 cm³/mol. The van der Waals surface area contributed by atoms with Crippen LogP contribution >= 0.6 is 11.6 Å². The van der Waals surface area contributed by atoms with Crippen molar-refractivity contribution in [1.29, 1.82) is 0 Å². The Labute approximate surface area is 151 Å². The van der Waals surface area contributed by atoms with E-state index in [0.29, 0.717) is 10.8 Å². The Kier molecular flexibility index (Phi) is 4.95. The van der Waals surface area contributed by atoms with Crippen LogP contribution in [0.3, 0.4) is 0 Å². The summed E-state index contributed by atoms with van der Waals surface area (Å²) >= 11 is 6.13. The van der Waals surface area contributed by atoms with Crippen LogP contribution in [-0.4, -0.2) is 15.9 Å². The summed E-state index contributed by atoms with van der Waals surface area (Å²) in [6, 6.07) is 14.7. The van der Waals surface area contributed by atoms with Gasteiger partial charge in [0.25, 0.3) is 5.91 Å². The molecule has 2 N–H and O–H groups in total. The number of hydrogen-bond donors (Lipinski definition) is 2. The average molecular weight is 353 g/mol. The molecule has 2 aromatic carbocycles. The third-order valence-corrected chi connectivity index (χ3v) is 4.15. The predicted octanol–water partition coefficient (Wildman–Crippen LogP) is 4.74. The molecular formula is C19H17ClN4O. The standard InChI is InChI=1S/C19H17ClN4O/c1-12-6-8-14(9-7-12)23-19(25)17-10-18(22-11-21-17)24-16-5-3-4-15(20)13(16)2/h3-11H,1-2H3,(H,23,25)(H,21,22,24). The fraction of sp³-hybridized carbons (Fsp3) is 0.105. The second-order valence-electron chi connectivity index (χ2n) is 5.65. The van der Waals surface area contributed by atoms with E-state index in [1.54, 1.807) is 6.07 Å². The van der Waals surface area contributed by atoms with E-state index < -0.39 is 0 Å². The first-order valence-electron chi connectivity index (χ1n) is 7.75. The second-order valence-corrected chi connectivity index (χ2v) is 6.05. The van der Waals surface area contributed by atoms with Gasteiger partial charge in [-0.15, -0.1) is 0 Å². The van der Waals surface area contributed by atoms with Gasteiger partial charge in [-0.25, -0.2) is 9.97 Å². The summed E-state index contributed by atoms with van der Waals surface area (Å²) in [5.41, 5.74) is 3.86. The maximum Gasteiger partial charge on any atom is 0.274 e. The van der Waals surface area contributed by atoms with Crippen molar-refractivity contribution in [3.8, 4) is 0 Å². The maximum atomic E-state index is 12.4. The molecule has 6 heteroatoms. The van der Waals surface area contributed by atoms with Crippen molar-refractivity contribution < 1.29 is 4.79 Å². The van der Waals surface area contributed by atoms with Crippen molar-refractivity contribution in [2.75, 3.05) is 10.6 Å². The van der Waals surface area contributed by atoms with Crippen LogP contribution < -0.4 is 10.6 Å². The van der Waals surface area contributed by atoms with Gasteiger partial charge < -0.3 is 10.6 Å². The summed E-state index contributed by atoms with van der Waals surface area (Å²) in [4.78, 5) is 20.6. The van der Waals surface area contributed by atoms with Crippen LogP contribution in [0.1, 0.15) is 21.6 Å². The number of carbonyl (C=O) groups is 1. The molecule has 5 nitrogen and oxygen atoms in total. The molecule has 0 aliphatic carbocycles. The molecule has 25 heavy (non-hydrogen) atoms. The third kappa shape index (κ3) is 4.14. The average Bonchev–Trinajstić information content (AvgIpc) is 2.61. The number of aromatic nitrogens is 2. The lowest BCUT2D eigenvalue weighted by molar-refractivity contribution is 0.102. The molecule has 0 aliphatic rings. The number of benzene rings is 2. The summed E-state index contributed by atoms with van der Waals surface area (Å²) in [7, 11) is 0. The summed E-state index contributed by atoms with van der Waals surface area (Å²) in [5, 5.41) is 6.65. The Bertz CT molecular complexity index is 910. The van der Waals surface area contributed by atoms with Gasteiger partial charge in [-0.3, -0.25) is 4.79 Å². The topological polar surface area (TPSA) is 66.9 Å². The summed E-state index contributed by atoms with van der Waals surface area (Å²) in [6.45, 7) is 3.91. The summed E-state index contributed by atoms with van der Waals surface area (Å²) in [5.74, 6) is 0.228. The zero-order chi connectivity index (χ0) is 17.8. The van der Waals surface area contributed by atoms with Crippen molar-refractivity contribution in [1.82, 2.24) is 9.97 Å². The van der Waals surface area contributed by atoms with Gasteiger partial charge in [0.1, 0.15) is 17.8 Å². The van der Waals surface area contributed by atoms with Crippen LogP contribution in [0.5, 0.6) is 0 Å². The smallest absolute Gasteiger partial charge is 0.274 e. The first kappa shape index (κ1) is 16.9. The molecule has 0 atom stereocenters. The Hall–Kier alpha value is -2.92. The summed E-state index contributed by atoms with van der Waals surface area (Å²) < 4.78 is 0. The maximum absolute atomic E-state index is 12.4. The minimum atomic E-state index is -0.294. The highest BCUT2D eigenvalue weighted by molar-refractivity contribution is 6.31. The molecule has 126 valence electrons. The normalized spacial score (nSPS) is 10.4. The molecule has 3 rings (SSSR count). The fourth-order valence-electron chi connectivity index (χ4n) is 2.26. The molecule has 0 aliphatic heterocycles. The highest BCUT2D eigenvalue weighted by atomic mass is 35.5. The van der Waals surface area contributed by atoms with Crippen molar-refractivity contribution >= 4 is 34.7 Å². The molecule has 0 radical (unpaired) electrons. The Morgan fingerprint density at radius 1 is 1.04 bits per heavy atom. The molecule has 0 bridgehead atoms. The molecule has 0 saturated carbocycles. The quantitative estimate of drug-likeness (QED) is 0.711. The molecule has 3 aromatic rings. The molecular weight excluding hydrogens is 336 g/mol. The van der Waals surface area contributed by atoms with E-state index in [9.17, 15) is 4.79 Å². The number of hydrogen-bond acceptors (Lipinski definition) is 4. The molecule has 1 amide bonds. The summed E-state index contributed by atoms with van der Waals surface area (Å²) in [6.07, 6.45) is 1.35. The van der Waals surface area contributed by atoms with Crippen LogP contribution in [0.2, 0.25) is 5.02 Å². The highest BCUT2D eigenvalue weighted by Crippen LogP contribution is 2.25. The zero-order valence-corrected chi connectivity index (χ0v) is 14.6. The molecule has 0 fully saturated rings. The van der Waals surface area contributed by atoms with Crippen LogP contribution in [0, 0.1) is 13.8 Å². The first-order chi connectivity index (χ1) is 12.0. The Balaban J connectivity index is 1.77. The Morgan fingerprint density at radius 2 is 1.80 bits per heavy atom. The first-order valence-corrected chi connectivity index (χ1v) is 8.13. The van der Waals surface area contributed by atoms with E-state index in [1.165, 1.54) is 6.33 Å². The van der Waals surface area contributed by atoms with Gasteiger partial charge in [0.05, 0.1) is 0 Å². The van der Waals surface area contributed by atoms with Crippen LogP contribution in [0.25, 0.3) is 0 Å². The van der Waals surface area contributed by atoms with Crippen LogP contribution in [-0.2, 0) is 0 Å². The largest absolute Gasteiger partial charge is 0.340 e. The van der Waals surface area contributed by atoms with Gasteiger partial charge in [0.15, 0.2) is 0 Å². The second kappa shape index (κ2) is 7.32. The number of carbonyl (C=O) groups excluding carboxylic acids is 1. The van der Waals surface area contributed by atoms with Gasteiger partial charge in [-0.1, -0.05) is 35.4 Å². The number of nitrogens with one attached hydrogen (secondary N) is 2. The van der Waals surface area contributed by atoms with E-state index in [4.69, 9.17) is 11.6 Å². The van der Waals surface area contributed by atoms with Gasteiger partial charge >= 0.3 is 0 Å². The number of rotatable bonds is 4. The van der Waals surface area contributed by atoms with Crippen LogP contribution in [0.4, 0.5) is 17.2 Å². The molecule has 0 unspecified atom stereocenters. The fourth-order valence-corrected chi connectivity index (χ4v) is 2.44. The van der Waals surface area contributed by atoms with Crippen molar-refractivity contribution in [2.45, 2.75) is 13.8 Å². The van der Waals surface area contributed by atoms with Gasteiger partial charge in [-0.05, 0) is 43.7 Å². The van der Waals surface area contributed by atoms with E-state index in [0.717, 1.165) is 22.5 Å². The monoisotopic (exact) mass is 352 g/mol. The lowest BCUT2D eigenvalue weighted by Crippen LogP contribution is -2.14. The molecule has 0 saturated heterocycles. The van der Waals surface area contributed by atoms with Crippen molar-refractivity contribution in [3.63, 3.8) is 0 Å². The number of aryl methyl sites for hydroxylation is 1. The number of anilines is 3. The molecule has 1 aromatic heterocycles. The third-order valence-electron chi connectivity index (χ3n) is 3.74. The van der Waals surface area contributed by atoms with E-state index in [1.807, 2.05) is 56.3 Å². The number of halogens is 1. The molecule has 1 heterocycles. The van der Waals surface area contributed by atoms with Gasteiger partial charge in [-0.2, -0.15) is 0 Å². The molecule has 0 spiro atoms. The van der Waals surface area contributed by atoms with E-state index in [2.05, 4.69) is 20.6 Å². The number of nitrogens with zero attached hydrogens (tertiary/aromatic N) is 2. The van der Waals surface area contributed by atoms with Gasteiger partial charge in [0, 0.05) is 22.5 Å². The van der Waals surface area contributed by atoms with Crippen molar-refractivity contribution in [2.24, 2.45) is 0 Å². The van der Waals surface area contributed by atoms with Gasteiger partial charge in [0.2, 0.25) is 0 Å². The SMILES string of the molecule is Cc1ccc(NC(=O)c2cc(Nc3cccc(Cl)c3C)ncn2)cc1. The number of amides is 1. The minimum absolute atomic E-state index is 0.276. The minimum Gasteiger partial charge on any atom is -0.340 e.